The zero-order chi connectivity index (χ0) is 15.0. The molecule has 2 aliphatic heterocycles. The van der Waals surface area contributed by atoms with Crippen LogP contribution in [-0.4, -0.2) is 48.7 Å². The minimum absolute atomic E-state index is 0.0288. The quantitative estimate of drug-likeness (QED) is 0.771. The second-order valence-corrected chi connectivity index (χ2v) is 6.39. The van der Waals surface area contributed by atoms with Gasteiger partial charge >= 0.3 is 6.09 Å². The molecule has 2 heterocycles. The van der Waals surface area contributed by atoms with Gasteiger partial charge in [-0.2, -0.15) is 0 Å². The van der Waals surface area contributed by atoms with E-state index in [9.17, 15) is 9.59 Å². The molecule has 0 aromatic rings. The Labute approximate surface area is 123 Å². The van der Waals surface area contributed by atoms with Crippen molar-refractivity contribution in [2.75, 3.05) is 20.8 Å². The largest absolute Gasteiger partial charge is 0.493 e. The molecule has 0 N–H and O–H groups in total. The van der Waals surface area contributed by atoms with Crippen molar-refractivity contribution in [1.82, 2.24) is 4.90 Å². The van der Waals surface area contributed by atoms with Crippen LogP contribution in [0.2, 0.25) is 0 Å². The van der Waals surface area contributed by atoms with Gasteiger partial charge in [0.2, 0.25) is 17.1 Å². The summed E-state index contributed by atoms with van der Waals surface area (Å²) in [6, 6.07) is 0. The lowest BCUT2D eigenvalue weighted by Crippen LogP contribution is -2.64. The van der Waals surface area contributed by atoms with E-state index in [1.54, 1.807) is 4.90 Å². The molecule has 6 nitrogen and oxygen atoms in total. The highest BCUT2D eigenvalue weighted by Gasteiger charge is 2.84. The standard InChI is InChI=1S/C15H19NO5/c1-8-7-9-5-4-6-16-13(18)21-15(8)12(20-3)10(19-2)11(17)14(9,15)16/h8-9H,4-7H2,1-3H3/t8?,9-,14?,15-/m1/s1. The SMILES string of the molecule is COC1=C(OC)[C@]23OC(=O)N4CCC[C@H](CC2C)C43C1=O. The summed E-state index contributed by atoms with van der Waals surface area (Å²) >= 11 is 0. The Hall–Kier alpha value is -1.72. The fraction of sp³-hybridized carbons (Fsp3) is 0.733. The summed E-state index contributed by atoms with van der Waals surface area (Å²) in [4.78, 5) is 27.2. The van der Waals surface area contributed by atoms with E-state index in [1.807, 2.05) is 6.92 Å². The minimum atomic E-state index is -1.01. The third-order valence-electron chi connectivity index (χ3n) is 5.82. The van der Waals surface area contributed by atoms with Gasteiger partial charge in [-0.1, -0.05) is 6.92 Å². The number of piperidine rings is 1. The van der Waals surface area contributed by atoms with Crippen LogP contribution < -0.4 is 0 Å². The smallest absolute Gasteiger partial charge is 0.411 e. The van der Waals surface area contributed by atoms with Crippen LogP contribution in [-0.2, 0) is 19.0 Å². The molecule has 0 aromatic carbocycles. The van der Waals surface area contributed by atoms with Crippen molar-refractivity contribution in [2.45, 2.75) is 37.3 Å². The van der Waals surface area contributed by atoms with Gasteiger partial charge in [-0.3, -0.25) is 9.69 Å². The van der Waals surface area contributed by atoms with Gasteiger partial charge in [-0.05, 0) is 25.2 Å². The number of amides is 1. The average Bonchev–Trinajstić information content (AvgIpc) is 2.97. The molecular formula is C15H19NO5. The first-order chi connectivity index (χ1) is 10.1. The molecular weight excluding hydrogens is 274 g/mol. The number of methoxy groups -OCH3 is 2. The number of carbonyl (C=O) groups is 2. The average molecular weight is 293 g/mol. The summed E-state index contributed by atoms with van der Waals surface area (Å²) in [6.45, 7) is 2.59. The van der Waals surface area contributed by atoms with E-state index >= 15 is 0 Å². The Morgan fingerprint density at radius 3 is 2.71 bits per heavy atom. The van der Waals surface area contributed by atoms with Crippen LogP contribution >= 0.6 is 0 Å². The van der Waals surface area contributed by atoms with E-state index in [0.717, 1.165) is 19.3 Å². The van der Waals surface area contributed by atoms with Crippen LogP contribution in [0.15, 0.2) is 11.5 Å². The lowest BCUT2D eigenvalue weighted by atomic mass is 9.72. The number of nitrogens with zero attached hydrogens (tertiary/aromatic N) is 1. The van der Waals surface area contributed by atoms with E-state index in [2.05, 4.69) is 0 Å². The van der Waals surface area contributed by atoms with Gasteiger partial charge in [0.05, 0.1) is 14.2 Å². The van der Waals surface area contributed by atoms with Gasteiger partial charge in [-0.25, -0.2) is 4.79 Å². The molecule has 2 unspecified atom stereocenters. The van der Waals surface area contributed by atoms with Crippen LogP contribution in [0.4, 0.5) is 4.79 Å². The van der Waals surface area contributed by atoms with E-state index < -0.39 is 17.2 Å². The number of ketones is 1. The first-order valence-electron chi connectivity index (χ1n) is 7.43. The van der Waals surface area contributed by atoms with Gasteiger partial charge in [0, 0.05) is 12.5 Å². The fourth-order valence-corrected chi connectivity index (χ4v) is 5.26. The Bertz CT molecular complexity index is 585. The van der Waals surface area contributed by atoms with Gasteiger partial charge in [0.1, 0.15) is 0 Å². The van der Waals surface area contributed by atoms with Gasteiger partial charge in [0.15, 0.2) is 11.3 Å². The Balaban J connectivity index is 2.03. The molecule has 0 bridgehead atoms. The molecule has 4 atom stereocenters. The van der Waals surface area contributed by atoms with Crippen molar-refractivity contribution in [2.24, 2.45) is 11.8 Å². The van der Waals surface area contributed by atoms with Crippen molar-refractivity contribution in [3.63, 3.8) is 0 Å². The van der Waals surface area contributed by atoms with Crippen LogP contribution in [0.5, 0.6) is 0 Å². The number of rotatable bonds is 2. The molecule has 4 rings (SSSR count). The summed E-state index contributed by atoms with van der Waals surface area (Å²) in [5.74, 6) is 0.594. The summed E-state index contributed by atoms with van der Waals surface area (Å²) in [6.07, 6.45) is 2.30. The lowest BCUT2D eigenvalue weighted by molar-refractivity contribution is -0.134. The maximum absolute atomic E-state index is 13.2. The molecule has 0 radical (unpaired) electrons. The van der Waals surface area contributed by atoms with Crippen molar-refractivity contribution < 1.29 is 23.8 Å². The third kappa shape index (κ3) is 1.04. The summed E-state index contributed by atoms with van der Waals surface area (Å²) in [7, 11) is 2.97. The zero-order valence-corrected chi connectivity index (χ0v) is 12.5. The molecule has 0 aromatic heterocycles. The predicted molar refractivity (Wildman–Crippen MR) is 71.2 cm³/mol. The molecule has 114 valence electrons. The number of hydrogen-bond donors (Lipinski definition) is 0. The van der Waals surface area contributed by atoms with Crippen LogP contribution in [0, 0.1) is 11.8 Å². The second-order valence-electron chi connectivity index (χ2n) is 6.39. The number of hydrogen-bond acceptors (Lipinski definition) is 5. The molecule has 1 spiro atoms. The highest BCUT2D eigenvalue weighted by Crippen LogP contribution is 2.67. The summed E-state index contributed by atoms with van der Waals surface area (Å²) in [5, 5.41) is 0. The molecule has 2 aliphatic carbocycles. The first-order valence-corrected chi connectivity index (χ1v) is 7.43. The van der Waals surface area contributed by atoms with Gasteiger partial charge < -0.3 is 14.2 Å². The molecule has 1 amide bonds. The molecule has 2 saturated heterocycles. The predicted octanol–water partition coefficient (Wildman–Crippen LogP) is 1.45. The Morgan fingerprint density at radius 2 is 2.05 bits per heavy atom. The van der Waals surface area contributed by atoms with Crippen molar-refractivity contribution in [3.05, 3.63) is 11.5 Å². The molecule has 1 saturated carbocycles. The van der Waals surface area contributed by atoms with Crippen molar-refractivity contribution in [3.8, 4) is 0 Å². The summed E-state index contributed by atoms with van der Waals surface area (Å²) < 4.78 is 16.7. The van der Waals surface area contributed by atoms with E-state index in [1.165, 1.54) is 14.2 Å². The van der Waals surface area contributed by atoms with Crippen LogP contribution in [0.1, 0.15) is 26.2 Å². The maximum atomic E-state index is 13.2. The van der Waals surface area contributed by atoms with Gasteiger partial charge in [0.25, 0.3) is 0 Å². The molecule has 3 fully saturated rings. The molecule has 4 aliphatic rings. The monoisotopic (exact) mass is 293 g/mol. The lowest BCUT2D eigenvalue weighted by Gasteiger charge is -2.43. The van der Waals surface area contributed by atoms with Gasteiger partial charge in [-0.15, -0.1) is 0 Å². The molecule has 6 heteroatoms. The first kappa shape index (κ1) is 13.0. The Kier molecular flexibility index (Phi) is 2.30. The minimum Gasteiger partial charge on any atom is -0.493 e. The number of ether oxygens (including phenoxy) is 3. The van der Waals surface area contributed by atoms with E-state index in [4.69, 9.17) is 14.2 Å². The second kappa shape index (κ2) is 3.72. The fourth-order valence-electron chi connectivity index (χ4n) is 5.26. The molecule has 21 heavy (non-hydrogen) atoms. The topological polar surface area (TPSA) is 65.1 Å². The number of carbonyl (C=O) groups excluding carboxylic acids is 2. The Morgan fingerprint density at radius 1 is 1.29 bits per heavy atom. The van der Waals surface area contributed by atoms with Crippen molar-refractivity contribution >= 4 is 11.9 Å². The highest BCUT2D eigenvalue weighted by molar-refractivity contribution is 6.10. The third-order valence-corrected chi connectivity index (χ3v) is 5.82. The number of Topliss-reactive ketones (excluding diaryl/α,β-unsaturated/α-hetero) is 1. The van der Waals surface area contributed by atoms with Crippen LogP contribution in [0.25, 0.3) is 0 Å². The van der Waals surface area contributed by atoms with Crippen LogP contribution in [0.3, 0.4) is 0 Å². The zero-order valence-electron chi connectivity index (χ0n) is 12.5. The van der Waals surface area contributed by atoms with E-state index in [-0.39, 0.29) is 23.4 Å². The van der Waals surface area contributed by atoms with Crippen molar-refractivity contribution in [1.29, 1.82) is 0 Å². The summed E-state index contributed by atoms with van der Waals surface area (Å²) in [5.41, 5.74) is -1.95. The normalized spacial score (nSPS) is 43.9. The van der Waals surface area contributed by atoms with E-state index in [0.29, 0.717) is 12.3 Å². The maximum Gasteiger partial charge on any atom is 0.411 e. The highest BCUT2D eigenvalue weighted by atomic mass is 16.6.